The van der Waals surface area contributed by atoms with Crippen molar-refractivity contribution in [2.24, 2.45) is 0 Å². The molecule has 0 unspecified atom stereocenters. The molecule has 134 valence electrons. The summed E-state index contributed by atoms with van der Waals surface area (Å²) in [6.07, 6.45) is 3.26. The molecular formula is C21H20N6. The molecule has 27 heavy (non-hydrogen) atoms. The predicted molar refractivity (Wildman–Crippen MR) is 111 cm³/mol. The van der Waals surface area contributed by atoms with Crippen LogP contribution in [0.5, 0.6) is 0 Å². The Labute approximate surface area is 157 Å². The van der Waals surface area contributed by atoms with Gasteiger partial charge in [-0.1, -0.05) is 35.9 Å². The first-order valence-corrected chi connectivity index (χ1v) is 8.67. The minimum atomic E-state index is 0.449. The van der Waals surface area contributed by atoms with E-state index in [1.165, 1.54) is 11.9 Å². The maximum atomic E-state index is 6.33. The molecule has 0 atom stereocenters. The molecule has 2 heterocycles. The molecule has 2 aromatic carbocycles. The topological polar surface area (TPSA) is 88.8 Å². The van der Waals surface area contributed by atoms with E-state index in [2.05, 4.69) is 38.6 Å². The van der Waals surface area contributed by atoms with Gasteiger partial charge in [0.15, 0.2) is 11.6 Å². The van der Waals surface area contributed by atoms with E-state index in [0.717, 1.165) is 27.8 Å². The monoisotopic (exact) mass is 356 g/mol. The maximum Gasteiger partial charge on any atom is 0.159 e. The molecule has 2 aromatic heterocycles. The van der Waals surface area contributed by atoms with Crippen LogP contribution in [0.2, 0.25) is 0 Å². The number of fused-ring (bicyclic) bond motifs is 1. The number of para-hydroxylation sites is 1. The summed E-state index contributed by atoms with van der Waals surface area (Å²) < 4.78 is 0. The molecule has 0 spiro atoms. The Bertz CT molecular complexity index is 1120. The molecule has 6 heteroatoms. The van der Waals surface area contributed by atoms with Crippen LogP contribution in [0.25, 0.3) is 10.9 Å². The Kier molecular flexibility index (Phi) is 4.30. The van der Waals surface area contributed by atoms with Gasteiger partial charge in [0.25, 0.3) is 0 Å². The molecule has 4 rings (SSSR count). The van der Waals surface area contributed by atoms with Crippen LogP contribution < -0.4 is 16.4 Å². The number of nitrogens with zero attached hydrogens (tertiary/aromatic N) is 3. The lowest BCUT2D eigenvalue weighted by atomic mass is 10.1. The predicted octanol–water partition coefficient (Wildman–Crippen LogP) is 4.71. The van der Waals surface area contributed by atoms with Gasteiger partial charge >= 0.3 is 0 Å². The van der Waals surface area contributed by atoms with Crippen molar-refractivity contribution in [3.8, 4) is 0 Å². The van der Waals surface area contributed by atoms with E-state index in [4.69, 9.17) is 5.73 Å². The minimum Gasteiger partial charge on any atom is -0.393 e. The van der Waals surface area contributed by atoms with E-state index >= 15 is 0 Å². The summed E-state index contributed by atoms with van der Waals surface area (Å²) in [5.74, 6) is 1.10. The molecule has 4 N–H and O–H groups in total. The highest BCUT2D eigenvalue weighted by atomic mass is 15.1. The largest absolute Gasteiger partial charge is 0.393 e. The first kappa shape index (κ1) is 16.8. The Morgan fingerprint density at radius 3 is 2.33 bits per heavy atom. The lowest BCUT2D eigenvalue weighted by Gasteiger charge is -2.14. The first-order chi connectivity index (χ1) is 13.1. The van der Waals surface area contributed by atoms with Gasteiger partial charge in [0.1, 0.15) is 12.0 Å². The highest BCUT2D eigenvalue weighted by Gasteiger charge is 2.11. The Balaban J connectivity index is 1.67. The molecule has 4 aromatic rings. The van der Waals surface area contributed by atoms with Gasteiger partial charge < -0.3 is 16.4 Å². The van der Waals surface area contributed by atoms with Crippen molar-refractivity contribution in [2.45, 2.75) is 13.8 Å². The molecular weight excluding hydrogens is 336 g/mol. The van der Waals surface area contributed by atoms with Crippen molar-refractivity contribution >= 4 is 39.6 Å². The van der Waals surface area contributed by atoms with Crippen molar-refractivity contribution in [2.75, 3.05) is 16.4 Å². The SMILES string of the molecule is Cc1ccc(Nc2ncnc(Nc3cccc4cccnc34)c2N)c(C)c1. The number of pyridine rings is 1. The fourth-order valence-corrected chi connectivity index (χ4v) is 3.01. The molecule has 0 radical (unpaired) electrons. The third-order valence-electron chi connectivity index (χ3n) is 4.40. The van der Waals surface area contributed by atoms with Gasteiger partial charge in [0.2, 0.25) is 0 Å². The standard InChI is InChI=1S/C21H20N6/c1-13-8-9-16(14(2)11-13)26-20-18(22)21(25-12-24-20)27-17-7-3-5-15-6-4-10-23-19(15)17/h3-12H,22H2,1-2H3,(H2,24,25,26,27). The van der Waals surface area contributed by atoms with Crippen LogP contribution in [0.1, 0.15) is 11.1 Å². The van der Waals surface area contributed by atoms with Crippen molar-refractivity contribution in [3.05, 3.63) is 72.2 Å². The van der Waals surface area contributed by atoms with Crippen LogP contribution in [0, 0.1) is 13.8 Å². The van der Waals surface area contributed by atoms with Crippen LogP contribution >= 0.6 is 0 Å². The number of benzene rings is 2. The van der Waals surface area contributed by atoms with Gasteiger partial charge in [0, 0.05) is 17.3 Å². The number of nitrogen functional groups attached to an aromatic ring is 1. The summed E-state index contributed by atoms with van der Waals surface area (Å²) in [5, 5.41) is 7.63. The average molecular weight is 356 g/mol. The minimum absolute atomic E-state index is 0.449. The van der Waals surface area contributed by atoms with Crippen molar-refractivity contribution in [1.29, 1.82) is 0 Å². The third kappa shape index (κ3) is 3.37. The van der Waals surface area contributed by atoms with Crippen molar-refractivity contribution in [3.63, 3.8) is 0 Å². The summed E-state index contributed by atoms with van der Waals surface area (Å²) in [5.41, 5.74) is 11.8. The van der Waals surface area contributed by atoms with Crippen LogP contribution in [0.3, 0.4) is 0 Å². The normalized spacial score (nSPS) is 10.7. The zero-order chi connectivity index (χ0) is 18.8. The van der Waals surface area contributed by atoms with Gasteiger partial charge in [-0.15, -0.1) is 0 Å². The number of aromatic nitrogens is 3. The molecule has 0 saturated carbocycles. The Hall–Kier alpha value is -3.67. The fraction of sp³-hybridized carbons (Fsp3) is 0.0952. The number of nitrogens with one attached hydrogen (secondary N) is 2. The smallest absolute Gasteiger partial charge is 0.159 e. The number of hydrogen-bond acceptors (Lipinski definition) is 6. The number of anilines is 5. The number of aryl methyl sites for hydroxylation is 2. The van der Waals surface area contributed by atoms with E-state index in [0.29, 0.717) is 17.3 Å². The summed E-state index contributed by atoms with van der Waals surface area (Å²) in [6.45, 7) is 4.11. The molecule has 0 aliphatic rings. The molecule has 0 aliphatic carbocycles. The zero-order valence-electron chi connectivity index (χ0n) is 15.2. The number of nitrogens with two attached hydrogens (primary N) is 1. The molecule has 6 nitrogen and oxygen atoms in total. The van der Waals surface area contributed by atoms with Crippen LogP contribution in [-0.4, -0.2) is 15.0 Å². The molecule has 0 aliphatic heterocycles. The summed E-state index contributed by atoms with van der Waals surface area (Å²) in [4.78, 5) is 13.1. The van der Waals surface area contributed by atoms with Crippen LogP contribution in [0.4, 0.5) is 28.7 Å². The summed E-state index contributed by atoms with van der Waals surface area (Å²) in [6, 6.07) is 16.1. The van der Waals surface area contributed by atoms with Gasteiger partial charge in [-0.05, 0) is 37.6 Å². The lowest BCUT2D eigenvalue weighted by molar-refractivity contribution is 1.17. The van der Waals surface area contributed by atoms with Gasteiger partial charge in [-0.25, -0.2) is 9.97 Å². The second kappa shape index (κ2) is 6.92. The first-order valence-electron chi connectivity index (χ1n) is 8.67. The third-order valence-corrected chi connectivity index (χ3v) is 4.40. The number of rotatable bonds is 4. The van der Waals surface area contributed by atoms with E-state index in [9.17, 15) is 0 Å². The van der Waals surface area contributed by atoms with Crippen molar-refractivity contribution in [1.82, 2.24) is 15.0 Å². The van der Waals surface area contributed by atoms with Gasteiger partial charge in [-0.2, -0.15) is 0 Å². The Morgan fingerprint density at radius 2 is 1.56 bits per heavy atom. The van der Waals surface area contributed by atoms with E-state index < -0.39 is 0 Å². The highest BCUT2D eigenvalue weighted by Crippen LogP contribution is 2.31. The number of hydrogen-bond donors (Lipinski definition) is 3. The Morgan fingerprint density at radius 1 is 0.815 bits per heavy atom. The van der Waals surface area contributed by atoms with Crippen LogP contribution in [-0.2, 0) is 0 Å². The second-order valence-electron chi connectivity index (χ2n) is 6.43. The van der Waals surface area contributed by atoms with Gasteiger partial charge in [0.05, 0.1) is 11.2 Å². The van der Waals surface area contributed by atoms with E-state index in [1.54, 1.807) is 6.20 Å². The van der Waals surface area contributed by atoms with Crippen LogP contribution in [0.15, 0.2) is 61.1 Å². The fourth-order valence-electron chi connectivity index (χ4n) is 3.01. The molecule has 0 fully saturated rings. The van der Waals surface area contributed by atoms with Gasteiger partial charge in [-0.3, -0.25) is 4.98 Å². The van der Waals surface area contributed by atoms with Crippen molar-refractivity contribution < 1.29 is 0 Å². The zero-order valence-corrected chi connectivity index (χ0v) is 15.2. The second-order valence-corrected chi connectivity index (χ2v) is 6.43. The molecule has 0 amide bonds. The average Bonchev–Trinajstić information content (AvgIpc) is 2.67. The summed E-state index contributed by atoms with van der Waals surface area (Å²) >= 11 is 0. The molecule has 0 saturated heterocycles. The van der Waals surface area contributed by atoms with E-state index in [-0.39, 0.29) is 0 Å². The molecule has 0 bridgehead atoms. The quantitative estimate of drug-likeness (QED) is 0.491. The summed E-state index contributed by atoms with van der Waals surface area (Å²) in [7, 11) is 0. The van der Waals surface area contributed by atoms with E-state index in [1.807, 2.05) is 49.4 Å². The lowest BCUT2D eigenvalue weighted by Crippen LogP contribution is -2.06. The highest BCUT2D eigenvalue weighted by molar-refractivity contribution is 5.93. The maximum absolute atomic E-state index is 6.33.